The third kappa shape index (κ3) is 6.33. The summed E-state index contributed by atoms with van der Waals surface area (Å²) in [5.74, 6) is 2.01. The van der Waals surface area contributed by atoms with E-state index in [9.17, 15) is 0 Å². The van der Waals surface area contributed by atoms with Gasteiger partial charge in [0, 0.05) is 47.7 Å². The Hall–Kier alpha value is -6.78. The van der Waals surface area contributed by atoms with Crippen molar-refractivity contribution < 1.29 is 0 Å². The minimum absolute atomic E-state index is 0.171. The fourth-order valence-electron chi connectivity index (χ4n) is 11.1. The van der Waals surface area contributed by atoms with Crippen LogP contribution in [0.25, 0.3) is 11.1 Å². The maximum absolute atomic E-state index is 5.08. The maximum Gasteiger partial charge on any atom is 0.133 e. The zero-order valence-electron chi connectivity index (χ0n) is 36.9. The van der Waals surface area contributed by atoms with Gasteiger partial charge in [0.25, 0.3) is 0 Å². The molecule has 0 radical (unpaired) electrons. The number of pyridine rings is 2. The van der Waals surface area contributed by atoms with Gasteiger partial charge in [-0.1, -0.05) is 161 Å². The molecule has 3 aliphatic rings. The number of hydrogen-bond donors (Lipinski definition) is 0. The number of fused-ring (bicyclic) bond motifs is 5. The summed E-state index contributed by atoms with van der Waals surface area (Å²) in [5, 5.41) is 0. The number of nitrogens with zero attached hydrogens (tertiary/aromatic N) is 4. The highest BCUT2D eigenvalue weighted by molar-refractivity contribution is 5.87. The molecule has 0 fully saturated rings. The average Bonchev–Trinajstić information content (AvgIpc) is 3.65. The molecule has 4 heteroatoms. The number of anilines is 4. The molecule has 4 nitrogen and oxygen atoms in total. The molecule has 2 aromatic heterocycles. The average molecular weight is 819 g/mol. The molecule has 8 aromatic rings. The molecule has 0 spiro atoms. The third-order valence-corrected chi connectivity index (χ3v) is 14.7. The van der Waals surface area contributed by atoms with Crippen molar-refractivity contribution in [1.29, 1.82) is 0 Å². The van der Waals surface area contributed by atoms with Crippen molar-refractivity contribution in [2.75, 3.05) is 22.9 Å². The van der Waals surface area contributed by atoms with E-state index in [1.807, 2.05) is 12.4 Å². The predicted octanol–water partition coefficient (Wildman–Crippen LogP) is 13.7. The van der Waals surface area contributed by atoms with E-state index >= 15 is 0 Å². The van der Waals surface area contributed by atoms with E-state index in [1.165, 1.54) is 78.1 Å². The number of rotatable bonds is 8. The highest BCUT2D eigenvalue weighted by atomic mass is 15.2. The number of benzene rings is 6. The molecule has 0 atom stereocenters. The van der Waals surface area contributed by atoms with Gasteiger partial charge >= 0.3 is 0 Å². The van der Waals surface area contributed by atoms with Crippen molar-refractivity contribution >= 4 is 23.0 Å². The van der Waals surface area contributed by atoms with Gasteiger partial charge in [0.1, 0.15) is 11.6 Å². The van der Waals surface area contributed by atoms with Gasteiger partial charge in [0.05, 0.1) is 5.41 Å². The van der Waals surface area contributed by atoms with Gasteiger partial charge in [-0.25, -0.2) is 9.97 Å². The fraction of sp³-hybridized carbons (Fsp3) is 0.220. The molecule has 0 N–H and O–H groups in total. The van der Waals surface area contributed by atoms with Crippen LogP contribution in [-0.2, 0) is 29.1 Å². The van der Waals surface area contributed by atoms with Crippen LogP contribution in [0.4, 0.5) is 23.0 Å². The summed E-state index contributed by atoms with van der Waals surface area (Å²) in [6.45, 7) is 11.1. The lowest BCUT2D eigenvalue weighted by molar-refractivity contribution is 0.638. The third-order valence-electron chi connectivity index (χ3n) is 14.7. The van der Waals surface area contributed by atoms with Gasteiger partial charge in [-0.05, 0) is 129 Å². The summed E-state index contributed by atoms with van der Waals surface area (Å²) in [4.78, 5) is 15.1. The first-order valence-corrected chi connectivity index (χ1v) is 22.8. The summed E-state index contributed by atoms with van der Waals surface area (Å²) in [6.07, 6.45) is 8.25. The summed E-state index contributed by atoms with van der Waals surface area (Å²) in [7, 11) is 0. The molecule has 0 bridgehead atoms. The first kappa shape index (κ1) is 39.1. The van der Waals surface area contributed by atoms with Crippen LogP contribution in [0.1, 0.15) is 96.2 Å². The van der Waals surface area contributed by atoms with E-state index < -0.39 is 5.41 Å². The largest absolute Gasteiger partial charge is 0.326 e. The van der Waals surface area contributed by atoms with Crippen molar-refractivity contribution in [3.8, 4) is 11.1 Å². The molecule has 6 aromatic carbocycles. The van der Waals surface area contributed by atoms with Crippen molar-refractivity contribution in [1.82, 2.24) is 9.97 Å². The van der Waals surface area contributed by atoms with Gasteiger partial charge in [-0.2, -0.15) is 0 Å². The van der Waals surface area contributed by atoms with Crippen LogP contribution in [0, 0.1) is 0 Å². The SMILES string of the molecule is CC(C)(c1ccccc1)c1ccnc(N2CCCc3ccc(C4(c5ccc6c(c5)N(c5cc(C(C)(C)c7ccccc7)ccn5)CCC6)c5ccccc5-c5ccccc54)cc32)c1. The molecule has 1 aliphatic carbocycles. The van der Waals surface area contributed by atoms with E-state index in [2.05, 4.69) is 207 Å². The van der Waals surface area contributed by atoms with Crippen LogP contribution in [0.2, 0.25) is 0 Å². The monoisotopic (exact) mass is 818 g/mol. The zero-order valence-corrected chi connectivity index (χ0v) is 36.9. The lowest BCUT2D eigenvalue weighted by atomic mass is 9.67. The van der Waals surface area contributed by atoms with Crippen LogP contribution in [0.15, 0.2) is 182 Å². The first-order chi connectivity index (χ1) is 30.7. The Morgan fingerprint density at radius 3 is 1.29 bits per heavy atom. The second-order valence-corrected chi connectivity index (χ2v) is 18.8. The lowest BCUT2D eigenvalue weighted by Crippen LogP contribution is -2.32. The molecule has 310 valence electrons. The van der Waals surface area contributed by atoms with Crippen molar-refractivity contribution in [2.45, 2.75) is 69.6 Å². The predicted molar refractivity (Wildman–Crippen MR) is 260 cm³/mol. The van der Waals surface area contributed by atoms with Gasteiger partial charge < -0.3 is 9.80 Å². The summed E-state index contributed by atoms with van der Waals surface area (Å²) < 4.78 is 0. The van der Waals surface area contributed by atoms with Crippen molar-refractivity contribution in [2.24, 2.45) is 0 Å². The van der Waals surface area contributed by atoms with Crippen LogP contribution >= 0.6 is 0 Å². The zero-order chi connectivity index (χ0) is 42.8. The Bertz CT molecular complexity index is 2780. The Morgan fingerprint density at radius 2 is 0.841 bits per heavy atom. The van der Waals surface area contributed by atoms with Crippen LogP contribution < -0.4 is 9.80 Å². The Morgan fingerprint density at radius 1 is 0.429 bits per heavy atom. The Kier molecular flexibility index (Phi) is 9.45. The molecule has 0 saturated carbocycles. The van der Waals surface area contributed by atoms with E-state index in [-0.39, 0.29) is 10.8 Å². The first-order valence-electron chi connectivity index (χ1n) is 22.8. The normalized spacial score (nSPS) is 15.3. The molecule has 0 amide bonds. The Balaban J connectivity index is 1.07. The summed E-state index contributed by atoms with van der Waals surface area (Å²) in [5.41, 5.74) is 17.3. The second kappa shape index (κ2) is 15.2. The quantitative estimate of drug-likeness (QED) is 0.153. The maximum atomic E-state index is 5.08. The molecule has 4 heterocycles. The molecule has 2 aliphatic heterocycles. The van der Waals surface area contributed by atoms with Gasteiger partial charge in [-0.15, -0.1) is 0 Å². The van der Waals surface area contributed by atoms with E-state index in [4.69, 9.17) is 9.97 Å². The fourth-order valence-corrected chi connectivity index (χ4v) is 11.1. The summed E-state index contributed by atoms with van der Waals surface area (Å²) >= 11 is 0. The summed E-state index contributed by atoms with van der Waals surface area (Å²) in [6, 6.07) is 63.6. The minimum Gasteiger partial charge on any atom is -0.326 e. The van der Waals surface area contributed by atoms with Crippen LogP contribution in [0.5, 0.6) is 0 Å². The highest BCUT2D eigenvalue weighted by Crippen LogP contribution is 2.57. The molecule has 0 saturated heterocycles. The van der Waals surface area contributed by atoms with Gasteiger partial charge in [0.2, 0.25) is 0 Å². The van der Waals surface area contributed by atoms with Crippen molar-refractivity contribution in [3.05, 3.63) is 238 Å². The smallest absolute Gasteiger partial charge is 0.133 e. The van der Waals surface area contributed by atoms with E-state index in [0.717, 1.165) is 50.4 Å². The molecular weight excluding hydrogens is 765 g/mol. The van der Waals surface area contributed by atoms with E-state index in [0.29, 0.717) is 0 Å². The standard InChI is InChI=1S/C59H54N4/c1-57(2,43-19-7-5-8-20-43)45-31-33-60-55(39-45)62-35-15-17-41-27-29-47(37-53(41)62)59(51-25-13-11-23-49(51)50-24-12-14-26-52(50)59)48-30-28-42-18-16-36-63(54(42)38-48)56-40-46(32-34-61-56)58(3,4)44-21-9-6-10-22-44/h5-14,19-34,37-40H,15-18,35-36H2,1-4H3. The lowest BCUT2D eigenvalue weighted by Gasteiger charge is -2.38. The van der Waals surface area contributed by atoms with E-state index in [1.54, 1.807) is 0 Å². The highest BCUT2D eigenvalue weighted by Gasteiger charge is 2.47. The number of aromatic nitrogens is 2. The second-order valence-electron chi connectivity index (χ2n) is 18.8. The van der Waals surface area contributed by atoms with Crippen LogP contribution in [0.3, 0.4) is 0 Å². The van der Waals surface area contributed by atoms with Crippen LogP contribution in [-0.4, -0.2) is 23.1 Å². The minimum atomic E-state index is -0.557. The topological polar surface area (TPSA) is 32.3 Å². The Labute approximate surface area is 373 Å². The molecule has 11 rings (SSSR count). The number of aryl methyl sites for hydroxylation is 2. The van der Waals surface area contributed by atoms with Gasteiger partial charge in [0.15, 0.2) is 0 Å². The molecule has 0 unspecified atom stereocenters. The number of hydrogen-bond acceptors (Lipinski definition) is 4. The van der Waals surface area contributed by atoms with Crippen molar-refractivity contribution in [3.63, 3.8) is 0 Å². The van der Waals surface area contributed by atoms with Gasteiger partial charge in [-0.3, -0.25) is 0 Å². The molecular formula is C59H54N4. The molecule has 63 heavy (non-hydrogen) atoms.